The Bertz CT molecular complexity index is 590. The number of carbonyl (C=O) groups is 1. The van der Waals surface area contributed by atoms with E-state index in [1.807, 2.05) is 39.8 Å². The van der Waals surface area contributed by atoms with E-state index in [2.05, 4.69) is 15.6 Å². The number of ether oxygens (including phenoxy) is 2. The molecular weight excluding hydrogens is 333 g/mol. The van der Waals surface area contributed by atoms with Crippen LogP contribution in [0.1, 0.15) is 38.3 Å². The minimum atomic E-state index is -0.519. The van der Waals surface area contributed by atoms with Crippen molar-refractivity contribution in [2.75, 3.05) is 12.0 Å². The van der Waals surface area contributed by atoms with Crippen molar-refractivity contribution in [3.05, 3.63) is 23.3 Å². The summed E-state index contributed by atoms with van der Waals surface area (Å²) in [6.45, 7) is 7.60. The van der Waals surface area contributed by atoms with E-state index in [4.69, 9.17) is 9.47 Å². The third-order valence-electron chi connectivity index (χ3n) is 3.25. The van der Waals surface area contributed by atoms with Gasteiger partial charge in [0.25, 0.3) is 0 Å². The Kier molecular flexibility index (Phi) is 4.45. The van der Waals surface area contributed by atoms with Crippen LogP contribution in [0.15, 0.2) is 12.1 Å². The first kappa shape index (κ1) is 16.1. The molecular formula is C16H21NO3Se. The van der Waals surface area contributed by atoms with Gasteiger partial charge in [0.05, 0.1) is 0 Å². The maximum absolute atomic E-state index is 12.5. The average molecular weight is 354 g/mol. The van der Waals surface area contributed by atoms with Gasteiger partial charge in [0.2, 0.25) is 0 Å². The van der Waals surface area contributed by atoms with Gasteiger partial charge >= 0.3 is 133 Å². The molecule has 0 N–H and O–H groups in total. The normalized spacial score (nSPS) is 14.7. The summed E-state index contributed by atoms with van der Waals surface area (Å²) in [5.41, 5.74) is 2.50. The van der Waals surface area contributed by atoms with Crippen LogP contribution < -0.4 is 9.64 Å². The molecule has 0 saturated heterocycles. The number of carbonyl (C=O) groups excluding carboxylic acids is 1. The molecule has 114 valence electrons. The van der Waals surface area contributed by atoms with E-state index < -0.39 is 5.60 Å². The monoisotopic (exact) mass is 355 g/mol. The molecule has 1 aromatic carbocycles. The average Bonchev–Trinajstić information content (AvgIpc) is 2.36. The fraction of sp³-hybridized carbons (Fsp3) is 0.500. The number of nitrogens with zero attached hydrogens (tertiary/aromatic N) is 1. The van der Waals surface area contributed by atoms with Crippen molar-refractivity contribution in [3.63, 3.8) is 0 Å². The number of methoxy groups -OCH3 is 1. The number of hydrogen-bond acceptors (Lipinski definition) is 3. The predicted octanol–water partition coefficient (Wildman–Crippen LogP) is 2.99. The number of benzene rings is 1. The number of anilines is 1. The van der Waals surface area contributed by atoms with E-state index in [-0.39, 0.29) is 6.09 Å². The SMILES string of the molecule is COc1cc(C)c2c(c1)CCC(=[Se])N2C(=O)OC(C)(C)C. The van der Waals surface area contributed by atoms with Gasteiger partial charge in [0.15, 0.2) is 0 Å². The molecule has 1 aromatic rings. The second kappa shape index (κ2) is 5.82. The van der Waals surface area contributed by atoms with Crippen LogP contribution in [0.2, 0.25) is 0 Å². The Morgan fingerprint density at radius 2 is 1.95 bits per heavy atom. The maximum atomic E-state index is 12.5. The number of hydrogen-bond donors (Lipinski definition) is 0. The Hall–Kier alpha value is -1.32. The molecule has 1 heterocycles. The van der Waals surface area contributed by atoms with Gasteiger partial charge in [-0.3, -0.25) is 0 Å². The molecule has 0 saturated carbocycles. The Morgan fingerprint density at radius 1 is 1.29 bits per heavy atom. The van der Waals surface area contributed by atoms with Gasteiger partial charge in [-0.25, -0.2) is 0 Å². The summed E-state index contributed by atoms with van der Waals surface area (Å²) in [4.78, 5) is 14.2. The Balaban J connectivity index is 2.45. The second-order valence-corrected chi connectivity index (χ2v) is 7.15. The van der Waals surface area contributed by atoms with Gasteiger partial charge in [-0.05, 0) is 0 Å². The van der Waals surface area contributed by atoms with Gasteiger partial charge in [-0.15, -0.1) is 0 Å². The molecule has 0 atom stereocenters. The van der Waals surface area contributed by atoms with Gasteiger partial charge in [-0.1, -0.05) is 0 Å². The molecule has 0 fully saturated rings. The van der Waals surface area contributed by atoms with Crippen LogP contribution in [-0.4, -0.2) is 38.9 Å². The molecule has 0 bridgehead atoms. The van der Waals surface area contributed by atoms with Crippen molar-refractivity contribution < 1.29 is 14.3 Å². The van der Waals surface area contributed by atoms with E-state index in [1.54, 1.807) is 12.0 Å². The molecule has 1 amide bonds. The molecule has 1 aliphatic rings. The van der Waals surface area contributed by atoms with Crippen LogP contribution in [0, 0.1) is 6.92 Å². The van der Waals surface area contributed by atoms with Crippen LogP contribution >= 0.6 is 0 Å². The molecule has 1 aliphatic heterocycles. The summed E-state index contributed by atoms with van der Waals surface area (Å²) in [7, 11) is 1.65. The summed E-state index contributed by atoms with van der Waals surface area (Å²) in [5.74, 6) is 0.818. The molecule has 21 heavy (non-hydrogen) atoms. The van der Waals surface area contributed by atoms with E-state index in [0.29, 0.717) is 0 Å². The summed E-state index contributed by atoms with van der Waals surface area (Å²) >= 11 is 3.00. The molecule has 0 aliphatic carbocycles. The van der Waals surface area contributed by atoms with Crippen LogP contribution in [-0.2, 0) is 11.2 Å². The summed E-state index contributed by atoms with van der Waals surface area (Å²) in [5, 5.41) is 0. The summed E-state index contributed by atoms with van der Waals surface area (Å²) < 4.78 is 11.7. The number of amides is 1. The first-order valence-corrected chi connectivity index (χ1v) is 7.82. The zero-order chi connectivity index (χ0) is 15.8. The van der Waals surface area contributed by atoms with Gasteiger partial charge in [-0.2, -0.15) is 0 Å². The molecule has 0 aromatic heterocycles. The van der Waals surface area contributed by atoms with E-state index in [0.717, 1.165) is 39.9 Å². The first-order valence-electron chi connectivity index (χ1n) is 6.96. The zero-order valence-electron chi connectivity index (χ0n) is 13.1. The number of fused-ring (bicyclic) bond motifs is 1. The quantitative estimate of drug-likeness (QED) is 0.728. The summed E-state index contributed by atoms with van der Waals surface area (Å²) in [6.07, 6.45) is 1.33. The number of rotatable bonds is 1. The summed E-state index contributed by atoms with van der Waals surface area (Å²) in [6, 6.07) is 3.93. The molecule has 0 spiro atoms. The van der Waals surface area contributed by atoms with Gasteiger partial charge in [0.1, 0.15) is 0 Å². The second-order valence-electron chi connectivity index (χ2n) is 6.16. The van der Waals surface area contributed by atoms with Crippen LogP contribution in [0.25, 0.3) is 0 Å². The topological polar surface area (TPSA) is 38.8 Å². The molecule has 0 unspecified atom stereocenters. The third-order valence-corrected chi connectivity index (χ3v) is 4.06. The molecule has 5 heteroatoms. The van der Waals surface area contributed by atoms with E-state index in [9.17, 15) is 4.79 Å². The van der Waals surface area contributed by atoms with Crippen molar-refractivity contribution in [1.82, 2.24) is 0 Å². The van der Waals surface area contributed by atoms with Crippen LogP contribution in [0.3, 0.4) is 0 Å². The van der Waals surface area contributed by atoms with Crippen molar-refractivity contribution in [1.29, 1.82) is 0 Å². The van der Waals surface area contributed by atoms with E-state index in [1.165, 1.54) is 0 Å². The number of aryl methyl sites for hydroxylation is 2. The minimum absolute atomic E-state index is 0.342. The van der Waals surface area contributed by atoms with Crippen molar-refractivity contribution in [2.24, 2.45) is 0 Å². The Morgan fingerprint density at radius 3 is 2.52 bits per heavy atom. The zero-order valence-corrected chi connectivity index (χ0v) is 14.9. The van der Waals surface area contributed by atoms with Gasteiger partial charge in [0, 0.05) is 0 Å². The predicted molar refractivity (Wildman–Crippen MR) is 85.5 cm³/mol. The van der Waals surface area contributed by atoms with Gasteiger partial charge < -0.3 is 0 Å². The molecule has 2 rings (SSSR count). The van der Waals surface area contributed by atoms with Crippen molar-refractivity contribution >= 4 is 31.9 Å². The van der Waals surface area contributed by atoms with Crippen LogP contribution in [0.4, 0.5) is 10.5 Å². The molecule has 0 radical (unpaired) electrons. The first-order chi connectivity index (χ1) is 9.73. The van der Waals surface area contributed by atoms with Crippen molar-refractivity contribution in [3.8, 4) is 5.75 Å². The third kappa shape index (κ3) is 3.47. The fourth-order valence-electron chi connectivity index (χ4n) is 2.42. The van der Waals surface area contributed by atoms with E-state index >= 15 is 0 Å². The Labute approximate surface area is 133 Å². The van der Waals surface area contributed by atoms with Crippen LogP contribution in [0.5, 0.6) is 5.75 Å². The fourth-order valence-corrected chi connectivity index (χ4v) is 2.99. The van der Waals surface area contributed by atoms with Crippen molar-refractivity contribution in [2.45, 2.75) is 46.1 Å². The molecule has 4 nitrogen and oxygen atoms in total. The standard InChI is InChI=1S/C16H21NO3Se/c1-10-8-12(19-5)9-11-6-7-13(21)17(14(10)11)15(18)20-16(2,3)4/h8-9H,6-7H2,1-5H3.